The molecule has 24 heavy (non-hydrogen) atoms. The van der Waals surface area contributed by atoms with Gasteiger partial charge in [0.05, 0.1) is 0 Å². The number of ether oxygens (including phenoxy) is 1. The molecule has 1 unspecified atom stereocenters. The van der Waals surface area contributed by atoms with Gasteiger partial charge in [-0.1, -0.05) is 6.07 Å². The van der Waals surface area contributed by atoms with Gasteiger partial charge in [0.25, 0.3) is 5.56 Å². The van der Waals surface area contributed by atoms with Gasteiger partial charge in [-0.15, -0.1) is 0 Å². The number of nitrogens with zero attached hydrogens (tertiary/aromatic N) is 2. The second-order valence-electron chi connectivity index (χ2n) is 6.84. The molecule has 0 bridgehead atoms. The molecule has 124 valence electrons. The molecule has 2 aromatic heterocycles. The summed E-state index contributed by atoms with van der Waals surface area (Å²) in [6.45, 7) is 1.90. The van der Waals surface area contributed by atoms with Crippen molar-refractivity contribution in [1.29, 1.82) is 0 Å². The minimum absolute atomic E-state index is 0.201. The molecule has 1 aliphatic carbocycles. The Hall–Kier alpha value is -2.43. The Morgan fingerprint density at radius 1 is 1.29 bits per heavy atom. The molecule has 1 aliphatic heterocycles. The van der Waals surface area contributed by atoms with Crippen LogP contribution in [0.4, 0.5) is 0 Å². The molecule has 0 N–H and O–H groups in total. The van der Waals surface area contributed by atoms with Crippen LogP contribution in [0.25, 0.3) is 0 Å². The number of esters is 1. The van der Waals surface area contributed by atoms with E-state index in [1.807, 2.05) is 37.4 Å². The fourth-order valence-corrected chi connectivity index (χ4v) is 3.48. The molecule has 2 aromatic rings. The van der Waals surface area contributed by atoms with Crippen LogP contribution in [0.1, 0.15) is 60.3 Å². The zero-order chi connectivity index (χ0) is 16.7. The minimum atomic E-state index is -0.719. The highest BCUT2D eigenvalue weighted by Crippen LogP contribution is 2.40. The van der Waals surface area contributed by atoms with Crippen LogP contribution in [0.3, 0.4) is 0 Å². The van der Waals surface area contributed by atoms with Gasteiger partial charge >= 0.3 is 5.97 Å². The van der Waals surface area contributed by atoms with Gasteiger partial charge < -0.3 is 9.30 Å². The van der Waals surface area contributed by atoms with Crippen molar-refractivity contribution in [3.05, 3.63) is 63.8 Å². The summed E-state index contributed by atoms with van der Waals surface area (Å²) in [6, 6.07) is 8.00. The van der Waals surface area contributed by atoms with E-state index in [1.54, 1.807) is 10.8 Å². The van der Waals surface area contributed by atoms with E-state index in [9.17, 15) is 9.59 Å². The molecule has 1 atom stereocenters. The SMILES string of the molecule is CC1(CCCc2ccccn2)OC(=O)c2c1ccn(C1CC1)c2=O. The number of rotatable bonds is 5. The van der Waals surface area contributed by atoms with E-state index in [0.29, 0.717) is 6.42 Å². The molecule has 1 fully saturated rings. The second-order valence-corrected chi connectivity index (χ2v) is 6.84. The summed E-state index contributed by atoms with van der Waals surface area (Å²) in [4.78, 5) is 29.2. The number of cyclic esters (lactones) is 1. The summed E-state index contributed by atoms with van der Waals surface area (Å²) in [5, 5.41) is 0. The zero-order valence-electron chi connectivity index (χ0n) is 13.7. The third-order valence-corrected chi connectivity index (χ3v) is 4.96. The van der Waals surface area contributed by atoms with E-state index in [4.69, 9.17) is 4.74 Å². The van der Waals surface area contributed by atoms with E-state index >= 15 is 0 Å². The number of carbonyl (C=O) groups excluding carboxylic acids is 1. The molecule has 5 heteroatoms. The van der Waals surface area contributed by atoms with Crippen molar-refractivity contribution in [3.63, 3.8) is 0 Å². The molecular weight excluding hydrogens is 304 g/mol. The molecule has 0 radical (unpaired) electrons. The van der Waals surface area contributed by atoms with Gasteiger partial charge in [0.1, 0.15) is 11.2 Å². The van der Waals surface area contributed by atoms with Gasteiger partial charge in [0.15, 0.2) is 0 Å². The van der Waals surface area contributed by atoms with E-state index in [0.717, 1.165) is 36.9 Å². The summed E-state index contributed by atoms with van der Waals surface area (Å²) in [5.41, 5.74) is 1.06. The third kappa shape index (κ3) is 2.54. The number of aryl methyl sites for hydroxylation is 1. The van der Waals surface area contributed by atoms with Crippen LogP contribution < -0.4 is 5.56 Å². The maximum Gasteiger partial charge on any atom is 0.345 e. The third-order valence-electron chi connectivity index (χ3n) is 4.96. The van der Waals surface area contributed by atoms with Crippen molar-refractivity contribution in [1.82, 2.24) is 9.55 Å². The van der Waals surface area contributed by atoms with Gasteiger partial charge in [-0.2, -0.15) is 0 Å². The smallest absolute Gasteiger partial charge is 0.345 e. The predicted octanol–water partition coefficient (Wildman–Crippen LogP) is 2.99. The van der Waals surface area contributed by atoms with Crippen molar-refractivity contribution in [3.8, 4) is 0 Å². The van der Waals surface area contributed by atoms with E-state index < -0.39 is 11.6 Å². The van der Waals surface area contributed by atoms with Crippen molar-refractivity contribution >= 4 is 5.97 Å². The molecule has 0 spiro atoms. The Kier molecular flexibility index (Phi) is 3.52. The van der Waals surface area contributed by atoms with Gasteiger partial charge in [0, 0.05) is 29.7 Å². The average molecular weight is 324 g/mol. The molecule has 0 amide bonds. The first-order valence-electron chi connectivity index (χ1n) is 8.47. The maximum atomic E-state index is 12.6. The summed E-state index contributed by atoms with van der Waals surface area (Å²) >= 11 is 0. The van der Waals surface area contributed by atoms with Crippen LogP contribution in [-0.2, 0) is 16.8 Å². The lowest BCUT2D eigenvalue weighted by molar-refractivity contribution is -0.00391. The lowest BCUT2D eigenvalue weighted by Gasteiger charge is -2.24. The Labute approximate surface area is 140 Å². The van der Waals surface area contributed by atoms with Crippen LogP contribution in [-0.4, -0.2) is 15.5 Å². The number of carbonyl (C=O) groups is 1. The highest BCUT2D eigenvalue weighted by atomic mass is 16.6. The zero-order valence-corrected chi connectivity index (χ0v) is 13.7. The number of aromatic nitrogens is 2. The van der Waals surface area contributed by atoms with Crippen LogP contribution in [0.5, 0.6) is 0 Å². The standard InChI is InChI=1S/C19H20N2O3/c1-19(10-4-6-13-5-2-3-11-20-13)15-9-12-21(14-7-8-14)17(22)16(15)18(23)24-19/h2-3,5,9,11-12,14H,4,6-8,10H2,1H3. The summed E-state index contributed by atoms with van der Waals surface area (Å²) < 4.78 is 7.30. The highest BCUT2D eigenvalue weighted by Gasteiger charge is 2.44. The molecule has 3 heterocycles. The monoisotopic (exact) mass is 324 g/mol. The molecule has 4 rings (SSSR count). The number of hydrogen-bond donors (Lipinski definition) is 0. The largest absolute Gasteiger partial charge is 0.451 e. The van der Waals surface area contributed by atoms with Crippen molar-refractivity contribution in [2.45, 2.75) is 50.7 Å². The molecule has 0 aromatic carbocycles. The van der Waals surface area contributed by atoms with Gasteiger partial charge in [-0.3, -0.25) is 9.78 Å². The van der Waals surface area contributed by atoms with Crippen LogP contribution in [0, 0.1) is 0 Å². The normalized spacial score (nSPS) is 22.3. The highest BCUT2D eigenvalue weighted by molar-refractivity contribution is 5.94. The van der Waals surface area contributed by atoms with Gasteiger partial charge in [-0.05, 0) is 57.2 Å². The van der Waals surface area contributed by atoms with Crippen LogP contribution in [0.2, 0.25) is 0 Å². The molecule has 5 nitrogen and oxygen atoms in total. The minimum Gasteiger partial charge on any atom is -0.451 e. The lowest BCUT2D eigenvalue weighted by atomic mass is 9.90. The predicted molar refractivity (Wildman–Crippen MR) is 88.9 cm³/mol. The molecular formula is C19H20N2O3. The van der Waals surface area contributed by atoms with Crippen molar-refractivity contribution in [2.75, 3.05) is 0 Å². The van der Waals surface area contributed by atoms with E-state index in [1.165, 1.54) is 0 Å². The molecule has 2 aliphatic rings. The Bertz CT molecular complexity index is 839. The lowest BCUT2D eigenvalue weighted by Crippen LogP contribution is -2.25. The molecule has 1 saturated carbocycles. The fraction of sp³-hybridized carbons (Fsp3) is 0.421. The van der Waals surface area contributed by atoms with Gasteiger partial charge in [0.2, 0.25) is 0 Å². The average Bonchev–Trinajstić information content (AvgIpc) is 3.36. The summed E-state index contributed by atoms with van der Waals surface area (Å²) in [6.07, 6.45) is 7.95. The van der Waals surface area contributed by atoms with Gasteiger partial charge in [-0.25, -0.2) is 4.79 Å². The fourth-order valence-electron chi connectivity index (χ4n) is 3.48. The van der Waals surface area contributed by atoms with Crippen molar-refractivity contribution in [2.24, 2.45) is 0 Å². The first-order valence-corrected chi connectivity index (χ1v) is 8.47. The second kappa shape index (κ2) is 5.58. The number of fused-ring (bicyclic) bond motifs is 1. The molecule has 0 saturated heterocycles. The van der Waals surface area contributed by atoms with Crippen LogP contribution in [0.15, 0.2) is 41.5 Å². The van der Waals surface area contributed by atoms with E-state index in [-0.39, 0.29) is 17.2 Å². The summed E-state index contributed by atoms with van der Waals surface area (Å²) in [5.74, 6) is -0.481. The maximum absolute atomic E-state index is 12.6. The Morgan fingerprint density at radius 3 is 2.83 bits per heavy atom. The Morgan fingerprint density at radius 2 is 2.12 bits per heavy atom. The number of hydrogen-bond acceptors (Lipinski definition) is 4. The van der Waals surface area contributed by atoms with Crippen molar-refractivity contribution < 1.29 is 9.53 Å². The number of pyridine rings is 2. The first kappa shape index (κ1) is 15.1. The topological polar surface area (TPSA) is 61.2 Å². The Balaban J connectivity index is 1.56. The van der Waals surface area contributed by atoms with E-state index in [2.05, 4.69) is 4.98 Å². The summed E-state index contributed by atoms with van der Waals surface area (Å²) in [7, 11) is 0. The van der Waals surface area contributed by atoms with Crippen LogP contribution >= 0.6 is 0 Å². The first-order chi connectivity index (χ1) is 11.6. The quantitative estimate of drug-likeness (QED) is 0.793.